The number of fused-ring (bicyclic) bond motifs is 1. The number of thiophene rings is 1. The van der Waals surface area contributed by atoms with Gasteiger partial charge in [-0.25, -0.2) is 4.98 Å². The summed E-state index contributed by atoms with van der Waals surface area (Å²) in [7, 11) is 3.63. The van der Waals surface area contributed by atoms with Crippen LogP contribution in [0.1, 0.15) is 28.1 Å². The van der Waals surface area contributed by atoms with E-state index in [1.165, 1.54) is 11.3 Å². The number of benzene rings is 1. The van der Waals surface area contributed by atoms with Crippen molar-refractivity contribution < 1.29 is 9.59 Å². The quantitative estimate of drug-likeness (QED) is 0.399. The van der Waals surface area contributed by atoms with Crippen molar-refractivity contribution in [3.63, 3.8) is 0 Å². The van der Waals surface area contributed by atoms with Crippen LogP contribution in [0.3, 0.4) is 0 Å². The van der Waals surface area contributed by atoms with Crippen molar-refractivity contribution in [2.75, 3.05) is 37.4 Å². The summed E-state index contributed by atoms with van der Waals surface area (Å²) in [5.41, 5.74) is 3.77. The molecule has 1 fully saturated rings. The Morgan fingerprint density at radius 2 is 1.80 bits per heavy atom. The van der Waals surface area contributed by atoms with E-state index in [1.54, 1.807) is 16.2 Å². The molecule has 0 radical (unpaired) electrons. The Morgan fingerprint density at radius 3 is 2.43 bits per heavy atom. The zero-order chi connectivity index (χ0) is 24.5. The number of rotatable bonds is 5. The van der Waals surface area contributed by atoms with Gasteiger partial charge in [0.1, 0.15) is 4.83 Å². The first-order valence-electron chi connectivity index (χ1n) is 11.6. The van der Waals surface area contributed by atoms with Crippen LogP contribution >= 0.6 is 22.7 Å². The van der Waals surface area contributed by atoms with Gasteiger partial charge in [-0.1, -0.05) is 29.5 Å². The topological polar surface area (TPSA) is 78.4 Å². The molecule has 35 heavy (non-hydrogen) atoms. The minimum atomic E-state index is -0.133. The van der Waals surface area contributed by atoms with E-state index >= 15 is 0 Å². The van der Waals surface area contributed by atoms with Gasteiger partial charge >= 0.3 is 0 Å². The fourth-order valence-electron chi connectivity index (χ4n) is 4.21. The fourth-order valence-corrected chi connectivity index (χ4v) is 6.37. The van der Waals surface area contributed by atoms with Crippen molar-refractivity contribution in [2.24, 2.45) is 5.92 Å². The summed E-state index contributed by atoms with van der Waals surface area (Å²) in [5, 5.41) is 3.95. The summed E-state index contributed by atoms with van der Waals surface area (Å²) in [5.74, 6) is 0.174. The second-order valence-electron chi connectivity index (χ2n) is 9.02. The first-order chi connectivity index (χ1) is 16.9. The Morgan fingerprint density at radius 1 is 1.06 bits per heavy atom. The predicted molar refractivity (Wildman–Crippen MR) is 143 cm³/mol. The van der Waals surface area contributed by atoms with E-state index < -0.39 is 0 Å². The van der Waals surface area contributed by atoms with Gasteiger partial charge in [0.25, 0.3) is 5.91 Å². The average molecular weight is 506 g/mol. The van der Waals surface area contributed by atoms with Gasteiger partial charge in [-0.3, -0.25) is 14.6 Å². The lowest BCUT2D eigenvalue weighted by atomic mass is 9.96. The molecule has 1 N–H and O–H groups in total. The van der Waals surface area contributed by atoms with Crippen LogP contribution in [0, 0.1) is 12.8 Å². The van der Waals surface area contributed by atoms with E-state index in [4.69, 9.17) is 4.98 Å². The summed E-state index contributed by atoms with van der Waals surface area (Å²) >= 11 is 3.02. The highest BCUT2D eigenvalue weighted by Crippen LogP contribution is 2.36. The van der Waals surface area contributed by atoms with Gasteiger partial charge in [0.2, 0.25) is 5.91 Å². The molecular formula is C26H27N5O2S2. The van der Waals surface area contributed by atoms with Crippen molar-refractivity contribution >= 4 is 54.8 Å². The first kappa shape index (κ1) is 23.4. The van der Waals surface area contributed by atoms with Gasteiger partial charge in [0, 0.05) is 50.6 Å². The highest BCUT2D eigenvalue weighted by molar-refractivity contribution is 7.29. The Bertz CT molecular complexity index is 1320. The van der Waals surface area contributed by atoms with Crippen LogP contribution in [0.4, 0.5) is 10.8 Å². The smallest absolute Gasteiger partial charge is 0.265 e. The minimum Gasteiger partial charge on any atom is -0.349 e. The lowest BCUT2D eigenvalue weighted by molar-refractivity contribution is -0.133. The fraction of sp³-hybridized carbons (Fsp3) is 0.308. The zero-order valence-electron chi connectivity index (χ0n) is 19.9. The number of hydrogen-bond acceptors (Lipinski definition) is 7. The number of amides is 2. The second kappa shape index (κ2) is 9.75. The molecule has 3 aromatic heterocycles. The zero-order valence-corrected chi connectivity index (χ0v) is 21.6. The third-order valence-electron chi connectivity index (χ3n) is 6.21. The van der Waals surface area contributed by atoms with Crippen LogP contribution in [0.2, 0.25) is 0 Å². The molecule has 5 rings (SSSR count). The largest absolute Gasteiger partial charge is 0.349 e. The van der Waals surface area contributed by atoms with Crippen LogP contribution in [-0.4, -0.2) is 53.9 Å². The lowest BCUT2D eigenvalue weighted by Gasteiger charge is -2.32. The van der Waals surface area contributed by atoms with Crippen molar-refractivity contribution in [1.29, 1.82) is 0 Å². The number of thiazole rings is 1. The Kier molecular flexibility index (Phi) is 6.53. The third-order valence-corrected chi connectivity index (χ3v) is 8.43. The van der Waals surface area contributed by atoms with E-state index in [2.05, 4.69) is 15.2 Å². The molecule has 4 aromatic rings. The number of carbonyl (C=O) groups is 2. The van der Waals surface area contributed by atoms with Crippen LogP contribution < -0.4 is 10.2 Å². The number of carbonyl (C=O) groups excluding carboxylic acids is 2. The third kappa shape index (κ3) is 5.06. The number of pyridine rings is 1. The summed E-state index contributed by atoms with van der Waals surface area (Å²) in [6, 6.07) is 13.7. The second-order valence-corrected chi connectivity index (χ2v) is 11.1. The Balaban J connectivity index is 1.22. The van der Waals surface area contributed by atoms with Gasteiger partial charge in [0.05, 0.1) is 15.3 Å². The van der Waals surface area contributed by atoms with Crippen molar-refractivity contribution in [3.8, 4) is 11.3 Å². The first-order valence-corrected chi connectivity index (χ1v) is 13.2. The number of piperidine rings is 1. The predicted octanol–water partition coefficient (Wildman–Crippen LogP) is 5.29. The van der Waals surface area contributed by atoms with Crippen LogP contribution in [0.15, 0.2) is 48.7 Å². The molecule has 4 heterocycles. The average Bonchev–Trinajstić information content (AvgIpc) is 3.44. The van der Waals surface area contributed by atoms with Crippen LogP contribution in [0.25, 0.3) is 20.8 Å². The molecule has 0 aliphatic carbocycles. The molecule has 180 valence electrons. The molecule has 0 saturated carbocycles. The normalized spacial score (nSPS) is 14.3. The van der Waals surface area contributed by atoms with Crippen LogP contribution in [0.5, 0.6) is 0 Å². The van der Waals surface area contributed by atoms with E-state index in [-0.39, 0.29) is 17.7 Å². The highest BCUT2D eigenvalue weighted by Gasteiger charge is 2.27. The molecule has 0 bridgehead atoms. The van der Waals surface area contributed by atoms with E-state index in [9.17, 15) is 9.59 Å². The summed E-state index contributed by atoms with van der Waals surface area (Å²) in [4.78, 5) is 39.7. The molecule has 9 heteroatoms. The monoisotopic (exact) mass is 505 g/mol. The number of nitrogens with zero attached hydrogens (tertiary/aromatic N) is 4. The molecule has 0 unspecified atom stereocenters. The summed E-state index contributed by atoms with van der Waals surface area (Å²) in [6.07, 6.45) is 3.54. The maximum absolute atomic E-state index is 12.8. The maximum atomic E-state index is 12.8. The molecular weight excluding hydrogens is 478 g/mol. The van der Waals surface area contributed by atoms with Gasteiger partial charge in [-0.2, -0.15) is 0 Å². The number of nitrogens with one attached hydrogen (secondary N) is 1. The molecule has 2 amide bonds. The Hall–Kier alpha value is -3.30. The van der Waals surface area contributed by atoms with Gasteiger partial charge in [-0.15, -0.1) is 11.3 Å². The Labute approximate surface area is 212 Å². The van der Waals surface area contributed by atoms with E-state index in [1.807, 2.05) is 69.7 Å². The summed E-state index contributed by atoms with van der Waals surface area (Å²) in [6.45, 7) is 3.66. The number of aryl methyl sites for hydroxylation is 1. The highest BCUT2D eigenvalue weighted by atomic mass is 32.1. The number of hydrogen-bond donors (Lipinski definition) is 1. The van der Waals surface area contributed by atoms with Gasteiger partial charge < -0.3 is 15.1 Å². The molecule has 0 atom stereocenters. The van der Waals surface area contributed by atoms with Gasteiger partial charge in [-0.05, 0) is 49.6 Å². The SMILES string of the molecule is Cc1ccc(-c2ccc(NC(=O)c3cc4sc(N5CCC(C(=O)N(C)C)CC5)nc4s3)cc2)nc1. The molecule has 1 saturated heterocycles. The van der Waals surface area contributed by atoms with Crippen molar-refractivity contribution in [1.82, 2.24) is 14.9 Å². The van der Waals surface area contributed by atoms with Gasteiger partial charge in [0.15, 0.2) is 5.13 Å². The number of anilines is 2. The van der Waals surface area contributed by atoms with Crippen molar-refractivity contribution in [3.05, 3.63) is 59.1 Å². The molecule has 1 aromatic carbocycles. The molecule has 1 aliphatic rings. The summed E-state index contributed by atoms with van der Waals surface area (Å²) < 4.78 is 1.02. The maximum Gasteiger partial charge on any atom is 0.265 e. The molecule has 0 spiro atoms. The van der Waals surface area contributed by atoms with E-state index in [0.29, 0.717) is 4.88 Å². The lowest BCUT2D eigenvalue weighted by Crippen LogP contribution is -2.40. The van der Waals surface area contributed by atoms with Crippen molar-refractivity contribution in [2.45, 2.75) is 19.8 Å². The minimum absolute atomic E-state index is 0.0971. The van der Waals surface area contributed by atoms with E-state index in [0.717, 1.165) is 63.1 Å². The number of aromatic nitrogens is 2. The van der Waals surface area contributed by atoms with Crippen LogP contribution in [-0.2, 0) is 4.79 Å². The molecule has 7 nitrogen and oxygen atoms in total. The molecule has 1 aliphatic heterocycles. The standard InChI is InChI=1S/C26H27N5O2S2/c1-16-4-9-20(27-15-16)17-5-7-19(8-6-17)28-23(32)21-14-22-24(34-21)29-26(35-22)31-12-10-18(11-13-31)25(33)30(2)3/h4-9,14-15,18H,10-13H2,1-3H3,(H,28,32).